The Morgan fingerprint density at radius 3 is 2.95 bits per heavy atom. The van der Waals surface area contributed by atoms with Gasteiger partial charge in [-0.1, -0.05) is 6.07 Å². The van der Waals surface area contributed by atoms with Crippen LogP contribution in [0.3, 0.4) is 0 Å². The van der Waals surface area contributed by atoms with Crippen LogP contribution >= 0.6 is 0 Å². The zero-order valence-electron chi connectivity index (χ0n) is 12.2. The van der Waals surface area contributed by atoms with Gasteiger partial charge in [-0.05, 0) is 31.2 Å². The van der Waals surface area contributed by atoms with E-state index in [1.165, 1.54) is 4.31 Å². The summed E-state index contributed by atoms with van der Waals surface area (Å²) in [6.07, 6.45) is 1.15. The normalized spacial score (nSPS) is 23.7. The summed E-state index contributed by atoms with van der Waals surface area (Å²) in [6.45, 7) is 2.02. The first-order chi connectivity index (χ1) is 10.5. The van der Waals surface area contributed by atoms with Crippen molar-refractivity contribution in [3.63, 3.8) is 0 Å². The molecule has 1 fully saturated rings. The minimum absolute atomic E-state index is 0.149. The number of hydrogen-bond acceptors (Lipinski definition) is 5. The largest absolute Gasteiger partial charge is 0.394 e. The number of benzene rings is 1. The van der Waals surface area contributed by atoms with Gasteiger partial charge in [-0.3, -0.25) is 4.98 Å². The van der Waals surface area contributed by atoms with Crippen LogP contribution in [-0.2, 0) is 14.8 Å². The Balaban J connectivity index is 2.08. The molecule has 0 amide bonds. The summed E-state index contributed by atoms with van der Waals surface area (Å²) in [5.41, 5.74) is 0.642. The van der Waals surface area contributed by atoms with E-state index in [1.807, 2.05) is 0 Å². The van der Waals surface area contributed by atoms with E-state index in [2.05, 4.69) is 4.98 Å². The molecule has 7 heteroatoms. The zero-order chi connectivity index (χ0) is 15.7. The topological polar surface area (TPSA) is 79.7 Å². The Kier molecular flexibility index (Phi) is 4.14. The molecule has 1 N–H and O–H groups in total. The van der Waals surface area contributed by atoms with Crippen LogP contribution in [0, 0.1) is 0 Å². The van der Waals surface area contributed by atoms with Gasteiger partial charge in [0.2, 0.25) is 10.0 Å². The number of ether oxygens (including phenoxy) is 1. The first-order valence-electron chi connectivity index (χ1n) is 7.12. The predicted molar refractivity (Wildman–Crippen MR) is 81.9 cm³/mol. The summed E-state index contributed by atoms with van der Waals surface area (Å²) in [5, 5.41) is 9.85. The number of hydrogen-bond donors (Lipinski definition) is 1. The molecular weight excluding hydrogens is 304 g/mol. The Morgan fingerprint density at radius 2 is 2.18 bits per heavy atom. The van der Waals surface area contributed by atoms with E-state index in [-0.39, 0.29) is 30.7 Å². The summed E-state index contributed by atoms with van der Waals surface area (Å²) in [4.78, 5) is 4.44. The van der Waals surface area contributed by atoms with Crippen molar-refractivity contribution in [3.05, 3.63) is 36.5 Å². The Hall–Kier alpha value is -1.54. The van der Waals surface area contributed by atoms with Crippen molar-refractivity contribution >= 4 is 20.9 Å². The molecule has 118 valence electrons. The maximum Gasteiger partial charge on any atom is 0.244 e. The van der Waals surface area contributed by atoms with Crippen LogP contribution in [0.1, 0.15) is 6.92 Å². The van der Waals surface area contributed by atoms with Gasteiger partial charge in [0.25, 0.3) is 0 Å². The number of aromatic nitrogens is 1. The second-order valence-corrected chi connectivity index (χ2v) is 7.25. The van der Waals surface area contributed by atoms with Crippen LogP contribution in [0.5, 0.6) is 0 Å². The molecule has 3 rings (SSSR count). The Morgan fingerprint density at radius 1 is 1.36 bits per heavy atom. The minimum atomic E-state index is -3.68. The lowest BCUT2D eigenvalue weighted by atomic mass is 10.2. The van der Waals surface area contributed by atoms with Crippen molar-refractivity contribution in [1.82, 2.24) is 9.29 Å². The molecule has 0 spiro atoms. The molecular formula is C15H18N2O4S. The van der Waals surface area contributed by atoms with Crippen molar-refractivity contribution in [2.45, 2.75) is 24.0 Å². The van der Waals surface area contributed by atoms with Gasteiger partial charge in [-0.25, -0.2) is 8.42 Å². The van der Waals surface area contributed by atoms with E-state index in [9.17, 15) is 13.5 Å². The van der Waals surface area contributed by atoms with Crippen LogP contribution < -0.4 is 0 Å². The van der Waals surface area contributed by atoms with Crippen LogP contribution in [0.25, 0.3) is 10.9 Å². The number of fused-ring (bicyclic) bond motifs is 1. The SMILES string of the molecule is C[C@H]1CO[C@@H](CO)CN1S(=O)(=O)c1cccc2ncccc12. The predicted octanol–water partition coefficient (Wildman–Crippen LogP) is 1.01. The van der Waals surface area contributed by atoms with E-state index in [4.69, 9.17) is 4.74 Å². The van der Waals surface area contributed by atoms with Gasteiger partial charge < -0.3 is 9.84 Å². The highest BCUT2D eigenvalue weighted by Gasteiger charge is 2.36. The average Bonchev–Trinajstić information content (AvgIpc) is 2.54. The molecule has 1 saturated heterocycles. The number of aliphatic hydroxyl groups excluding tert-OH is 1. The first kappa shape index (κ1) is 15.4. The van der Waals surface area contributed by atoms with E-state index in [1.54, 1.807) is 43.5 Å². The van der Waals surface area contributed by atoms with Crippen molar-refractivity contribution in [1.29, 1.82) is 0 Å². The van der Waals surface area contributed by atoms with E-state index < -0.39 is 16.1 Å². The van der Waals surface area contributed by atoms with Crippen molar-refractivity contribution in [3.8, 4) is 0 Å². The fraction of sp³-hybridized carbons (Fsp3) is 0.400. The summed E-state index contributed by atoms with van der Waals surface area (Å²) in [6, 6.07) is 8.27. The molecule has 2 atom stereocenters. The van der Waals surface area contributed by atoms with E-state index >= 15 is 0 Å². The van der Waals surface area contributed by atoms with Crippen LogP contribution in [0.2, 0.25) is 0 Å². The second-order valence-electron chi connectivity index (χ2n) is 5.39. The van der Waals surface area contributed by atoms with Crippen molar-refractivity contribution < 1.29 is 18.3 Å². The average molecular weight is 322 g/mol. The summed E-state index contributed by atoms with van der Waals surface area (Å²) >= 11 is 0. The number of nitrogens with zero attached hydrogens (tertiary/aromatic N) is 2. The number of pyridine rings is 1. The molecule has 0 unspecified atom stereocenters. The summed E-state index contributed by atoms with van der Waals surface area (Å²) < 4.78 is 32.9. The highest BCUT2D eigenvalue weighted by atomic mass is 32.2. The monoisotopic (exact) mass is 322 g/mol. The fourth-order valence-corrected chi connectivity index (χ4v) is 4.51. The van der Waals surface area contributed by atoms with Gasteiger partial charge >= 0.3 is 0 Å². The molecule has 22 heavy (non-hydrogen) atoms. The van der Waals surface area contributed by atoms with E-state index in [0.29, 0.717) is 10.9 Å². The molecule has 0 saturated carbocycles. The van der Waals surface area contributed by atoms with Crippen LogP contribution in [0.15, 0.2) is 41.4 Å². The Labute approximate surface area is 129 Å². The first-order valence-corrected chi connectivity index (χ1v) is 8.56. The highest BCUT2D eigenvalue weighted by molar-refractivity contribution is 7.89. The second kappa shape index (κ2) is 5.92. The minimum Gasteiger partial charge on any atom is -0.394 e. The molecule has 1 aromatic heterocycles. The van der Waals surface area contributed by atoms with Crippen molar-refractivity contribution in [2.24, 2.45) is 0 Å². The number of sulfonamides is 1. The molecule has 1 aromatic carbocycles. The standard InChI is InChI=1S/C15H18N2O4S/c1-11-10-21-12(9-18)8-17(11)22(19,20)15-6-2-5-14-13(15)4-3-7-16-14/h2-7,11-12,18H,8-10H2,1H3/t11-,12+/m0/s1. The fourth-order valence-electron chi connectivity index (χ4n) is 2.66. The maximum absolute atomic E-state index is 13.0. The lowest BCUT2D eigenvalue weighted by Crippen LogP contribution is -2.51. The summed E-state index contributed by atoms with van der Waals surface area (Å²) in [5.74, 6) is 0. The van der Waals surface area contributed by atoms with Gasteiger partial charge in [0.1, 0.15) is 0 Å². The van der Waals surface area contributed by atoms with Gasteiger partial charge in [0.15, 0.2) is 0 Å². The van der Waals surface area contributed by atoms with Crippen LogP contribution in [-0.4, -0.2) is 54.7 Å². The van der Waals surface area contributed by atoms with E-state index in [0.717, 1.165) is 0 Å². The third kappa shape index (κ3) is 2.61. The van der Waals surface area contributed by atoms with Gasteiger partial charge in [0.05, 0.1) is 29.7 Å². The zero-order valence-corrected chi connectivity index (χ0v) is 13.0. The number of rotatable bonds is 3. The molecule has 0 radical (unpaired) electrons. The molecule has 0 aliphatic carbocycles. The Bertz CT molecular complexity index is 773. The van der Waals surface area contributed by atoms with Crippen molar-refractivity contribution in [2.75, 3.05) is 19.8 Å². The molecule has 0 bridgehead atoms. The van der Waals surface area contributed by atoms with Gasteiger partial charge in [-0.2, -0.15) is 4.31 Å². The molecule has 2 aromatic rings. The quantitative estimate of drug-likeness (QED) is 0.912. The van der Waals surface area contributed by atoms with Crippen LogP contribution in [0.4, 0.5) is 0 Å². The maximum atomic E-state index is 13.0. The molecule has 2 heterocycles. The third-order valence-electron chi connectivity index (χ3n) is 3.84. The highest BCUT2D eigenvalue weighted by Crippen LogP contribution is 2.27. The third-order valence-corrected chi connectivity index (χ3v) is 5.88. The van der Waals surface area contributed by atoms with Gasteiger partial charge in [0, 0.05) is 24.2 Å². The number of aliphatic hydroxyl groups is 1. The smallest absolute Gasteiger partial charge is 0.244 e. The molecule has 6 nitrogen and oxygen atoms in total. The summed E-state index contributed by atoms with van der Waals surface area (Å²) in [7, 11) is -3.68. The number of morpholine rings is 1. The molecule has 1 aliphatic rings. The van der Waals surface area contributed by atoms with Gasteiger partial charge in [-0.15, -0.1) is 0 Å². The lowest BCUT2D eigenvalue weighted by Gasteiger charge is -2.36. The molecule has 1 aliphatic heterocycles. The lowest BCUT2D eigenvalue weighted by molar-refractivity contribution is -0.0516.